The highest BCUT2D eigenvalue weighted by molar-refractivity contribution is 7.90. The first-order valence-electron chi connectivity index (χ1n) is 7.10. The third-order valence-corrected chi connectivity index (χ3v) is 4.08. The summed E-state index contributed by atoms with van der Waals surface area (Å²) in [7, 11) is -1.91. The van der Waals surface area contributed by atoms with Gasteiger partial charge in [-0.1, -0.05) is 6.07 Å². The third kappa shape index (κ3) is 4.91. The standard InChI is InChI=1S/C14H20N4O4S.ClH/c1-22-10-8-15-6-7-16-13(19)12-11-5-3-4-9-18(11)14(17-12)23(2,20)21;/h3-5,9,15H,6-8,10H2,1-2H3,(H,16,19);1H. The molecule has 0 unspecified atom stereocenters. The molecule has 0 aliphatic heterocycles. The van der Waals surface area contributed by atoms with Gasteiger partial charge in [-0.25, -0.2) is 13.4 Å². The van der Waals surface area contributed by atoms with Gasteiger partial charge in [0.25, 0.3) is 5.91 Å². The van der Waals surface area contributed by atoms with E-state index in [9.17, 15) is 13.2 Å². The number of rotatable bonds is 8. The number of sulfone groups is 1. The van der Waals surface area contributed by atoms with Crippen LogP contribution in [0, 0.1) is 0 Å². The molecular weight excluding hydrogens is 356 g/mol. The Morgan fingerprint density at radius 3 is 2.71 bits per heavy atom. The van der Waals surface area contributed by atoms with E-state index in [1.165, 1.54) is 4.40 Å². The lowest BCUT2D eigenvalue weighted by molar-refractivity contribution is 0.0950. The zero-order chi connectivity index (χ0) is 16.9. The molecule has 0 spiro atoms. The summed E-state index contributed by atoms with van der Waals surface area (Å²) in [5.41, 5.74) is 0.556. The van der Waals surface area contributed by atoms with Gasteiger partial charge in [-0.05, 0) is 12.1 Å². The molecule has 0 bridgehead atoms. The molecule has 2 N–H and O–H groups in total. The van der Waals surface area contributed by atoms with Gasteiger partial charge in [-0.3, -0.25) is 9.20 Å². The van der Waals surface area contributed by atoms with E-state index in [2.05, 4.69) is 15.6 Å². The Kier molecular flexibility index (Phi) is 7.61. The fourth-order valence-corrected chi connectivity index (χ4v) is 2.86. The highest BCUT2D eigenvalue weighted by Gasteiger charge is 2.22. The van der Waals surface area contributed by atoms with Crippen molar-refractivity contribution in [2.45, 2.75) is 5.16 Å². The molecule has 2 aromatic rings. The van der Waals surface area contributed by atoms with Crippen LogP contribution < -0.4 is 10.6 Å². The molecule has 2 heterocycles. The van der Waals surface area contributed by atoms with E-state index >= 15 is 0 Å². The molecule has 0 aliphatic carbocycles. The van der Waals surface area contributed by atoms with Crippen molar-refractivity contribution in [3.05, 3.63) is 30.1 Å². The minimum absolute atomic E-state index is 0. The number of nitrogens with one attached hydrogen (secondary N) is 2. The number of hydrogen-bond acceptors (Lipinski definition) is 6. The Balaban J connectivity index is 0.00000288. The molecule has 1 amide bonds. The van der Waals surface area contributed by atoms with Crippen molar-refractivity contribution in [1.29, 1.82) is 0 Å². The lowest BCUT2D eigenvalue weighted by Crippen LogP contribution is -2.33. The summed E-state index contributed by atoms with van der Waals surface area (Å²) in [6, 6.07) is 5.07. The molecular formula is C14H21ClN4O4S. The van der Waals surface area contributed by atoms with E-state index in [0.717, 1.165) is 6.26 Å². The first-order chi connectivity index (χ1) is 10.9. The Morgan fingerprint density at radius 2 is 2.04 bits per heavy atom. The van der Waals surface area contributed by atoms with Gasteiger partial charge < -0.3 is 15.4 Å². The summed E-state index contributed by atoms with van der Waals surface area (Å²) in [5.74, 6) is -0.405. The molecule has 0 fully saturated rings. The van der Waals surface area contributed by atoms with Gasteiger partial charge in [-0.2, -0.15) is 0 Å². The summed E-state index contributed by atoms with van der Waals surface area (Å²) in [6.45, 7) is 2.28. The Labute approximate surface area is 146 Å². The van der Waals surface area contributed by atoms with E-state index in [1.807, 2.05) is 0 Å². The molecule has 2 rings (SSSR count). The van der Waals surface area contributed by atoms with Crippen LogP contribution in [-0.2, 0) is 14.6 Å². The zero-order valence-corrected chi connectivity index (χ0v) is 15.1. The number of amides is 1. The van der Waals surface area contributed by atoms with Crippen molar-refractivity contribution < 1.29 is 17.9 Å². The highest BCUT2D eigenvalue weighted by Crippen LogP contribution is 2.16. The summed E-state index contributed by atoms with van der Waals surface area (Å²) in [6.07, 6.45) is 2.64. The van der Waals surface area contributed by atoms with Crippen LogP contribution in [-0.4, -0.2) is 63.3 Å². The minimum Gasteiger partial charge on any atom is -0.383 e. The topological polar surface area (TPSA) is 102 Å². The second-order valence-corrected chi connectivity index (χ2v) is 6.88. The van der Waals surface area contributed by atoms with Crippen molar-refractivity contribution >= 4 is 33.7 Å². The smallest absolute Gasteiger partial charge is 0.272 e. The molecule has 2 aromatic heterocycles. The summed E-state index contributed by atoms with van der Waals surface area (Å²) >= 11 is 0. The number of fused-ring (bicyclic) bond motifs is 1. The van der Waals surface area contributed by atoms with Crippen LogP contribution in [0.15, 0.2) is 29.6 Å². The lowest BCUT2D eigenvalue weighted by Gasteiger charge is -2.05. The SMILES string of the molecule is COCCNCCNC(=O)c1nc(S(C)(=O)=O)n2ccccc12.Cl. The van der Waals surface area contributed by atoms with Gasteiger partial charge >= 0.3 is 0 Å². The van der Waals surface area contributed by atoms with Crippen molar-refractivity contribution in [3.8, 4) is 0 Å². The average molecular weight is 377 g/mol. The van der Waals surface area contributed by atoms with E-state index in [0.29, 0.717) is 31.8 Å². The summed E-state index contributed by atoms with van der Waals surface area (Å²) < 4.78 is 29.9. The first-order valence-corrected chi connectivity index (χ1v) is 8.99. The molecule has 8 nitrogen and oxygen atoms in total. The van der Waals surface area contributed by atoms with E-state index in [4.69, 9.17) is 4.74 Å². The average Bonchev–Trinajstić information content (AvgIpc) is 2.90. The van der Waals surface area contributed by atoms with Crippen molar-refractivity contribution in [2.75, 3.05) is 39.6 Å². The van der Waals surface area contributed by atoms with E-state index in [-0.39, 0.29) is 23.3 Å². The number of methoxy groups -OCH3 is 1. The number of hydrogen-bond donors (Lipinski definition) is 2. The molecule has 0 radical (unpaired) electrons. The maximum Gasteiger partial charge on any atom is 0.272 e. The predicted octanol–water partition coefficient (Wildman–Crippen LogP) is 0.125. The van der Waals surface area contributed by atoms with Crippen LogP contribution in [0.3, 0.4) is 0 Å². The molecule has 10 heteroatoms. The fourth-order valence-electron chi connectivity index (χ4n) is 2.09. The van der Waals surface area contributed by atoms with E-state index in [1.54, 1.807) is 31.5 Å². The Bertz CT molecular complexity index is 791. The second-order valence-electron chi connectivity index (χ2n) is 4.97. The Hall–Kier alpha value is -1.68. The summed E-state index contributed by atoms with van der Waals surface area (Å²) in [4.78, 5) is 16.3. The Morgan fingerprint density at radius 1 is 1.29 bits per heavy atom. The predicted molar refractivity (Wildman–Crippen MR) is 92.6 cm³/mol. The molecule has 0 saturated heterocycles. The van der Waals surface area contributed by atoms with Crippen LogP contribution in [0.1, 0.15) is 10.5 Å². The van der Waals surface area contributed by atoms with Gasteiger partial charge in [0.2, 0.25) is 15.0 Å². The van der Waals surface area contributed by atoms with Gasteiger partial charge in [0.15, 0.2) is 5.69 Å². The highest BCUT2D eigenvalue weighted by atomic mass is 35.5. The number of aromatic nitrogens is 2. The normalized spacial score (nSPS) is 11.2. The molecule has 0 saturated carbocycles. The van der Waals surface area contributed by atoms with Crippen molar-refractivity contribution in [2.24, 2.45) is 0 Å². The van der Waals surface area contributed by atoms with Crippen LogP contribution in [0.25, 0.3) is 5.52 Å². The molecule has 0 aromatic carbocycles. The van der Waals surface area contributed by atoms with Crippen LogP contribution in [0.2, 0.25) is 0 Å². The van der Waals surface area contributed by atoms with Crippen LogP contribution >= 0.6 is 12.4 Å². The van der Waals surface area contributed by atoms with Gasteiger partial charge in [0.1, 0.15) is 0 Å². The van der Waals surface area contributed by atoms with Crippen molar-refractivity contribution in [3.63, 3.8) is 0 Å². The first kappa shape index (κ1) is 20.4. The second kappa shape index (κ2) is 8.97. The van der Waals surface area contributed by atoms with Crippen molar-refractivity contribution in [1.82, 2.24) is 20.0 Å². The molecule has 134 valence electrons. The number of carbonyl (C=O) groups excluding carboxylic acids is 1. The molecule has 24 heavy (non-hydrogen) atoms. The van der Waals surface area contributed by atoms with Gasteiger partial charge in [0, 0.05) is 39.2 Å². The fraction of sp³-hybridized carbons (Fsp3) is 0.429. The number of halogens is 1. The molecule has 0 aliphatic rings. The maximum absolute atomic E-state index is 12.3. The number of carbonyl (C=O) groups is 1. The quantitative estimate of drug-likeness (QED) is 0.635. The summed E-state index contributed by atoms with van der Waals surface area (Å²) in [5, 5.41) is 5.68. The van der Waals surface area contributed by atoms with Gasteiger partial charge in [-0.15, -0.1) is 12.4 Å². The lowest BCUT2D eigenvalue weighted by atomic mass is 10.3. The third-order valence-electron chi connectivity index (χ3n) is 3.13. The van der Waals surface area contributed by atoms with E-state index < -0.39 is 15.7 Å². The number of imidazole rings is 1. The number of pyridine rings is 1. The number of nitrogens with zero attached hydrogens (tertiary/aromatic N) is 2. The molecule has 0 atom stereocenters. The van der Waals surface area contributed by atoms with Crippen LogP contribution in [0.5, 0.6) is 0 Å². The zero-order valence-electron chi connectivity index (χ0n) is 13.5. The maximum atomic E-state index is 12.3. The number of ether oxygens (including phenoxy) is 1. The minimum atomic E-state index is -3.53. The van der Waals surface area contributed by atoms with Crippen LogP contribution in [0.4, 0.5) is 0 Å². The monoisotopic (exact) mass is 376 g/mol. The van der Waals surface area contributed by atoms with Gasteiger partial charge in [0.05, 0.1) is 12.1 Å². The largest absolute Gasteiger partial charge is 0.383 e.